The molecule has 1 aliphatic heterocycles. The first-order valence-corrected chi connectivity index (χ1v) is 10.6. The number of hydrogen-bond acceptors (Lipinski definition) is 3. The Kier molecular flexibility index (Phi) is 5.88. The van der Waals surface area contributed by atoms with Crippen LogP contribution in [0.5, 0.6) is 5.75 Å². The van der Waals surface area contributed by atoms with Gasteiger partial charge in [-0.25, -0.2) is 0 Å². The van der Waals surface area contributed by atoms with Crippen LogP contribution in [-0.4, -0.2) is 47.9 Å². The summed E-state index contributed by atoms with van der Waals surface area (Å²) in [6.07, 6.45) is 5.44. The van der Waals surface area contributed by atoms with E-state index in [0.717, 1.165) is 25.7 Å². The fourth-order valence-electron chi connectivity index (χ4n) is 4.72. The SMILES string of the molecule is C=CCC[C@H]1CN(C(=O)c2ccc(OC)cc2)CC(=O)N1C1CCc2ccccc21. The van der Waals surface area contributed by atoms with Gasteiger partial charge in [-0.3, -0.25) is 9.59 Å². The molecule has 0 spiro atoms. The zero-order chi connectivity index (χ0) is 21.1. The number of nitrogens with zero attached hydrogens (tertiary/aromatic N) is 2. The van der Waals surface area contributed by atoms with E-state index in [1.807, 2.05) is 17.0 Å². The summed E-state index contributed by atoms with van der Waals surface area (Å²) >= 11 is 0. The molecule has 0 radical (unpaired) electrons. The molecule has 1 heterocycles. The number of fused-ring (bicyclic) bond motifs is 1. The van der Waals surface area contributed by atoms with E-state index in [1.165, 1.54) is 11.1 Å². The van der Waals surface area contributed by atoms with Crippen molar-refractivity contribution in [3.63, 3.8) is 0 Å². The van der Waals surface area contributed by atoms with Gasteiger partial charge in [0, 0.05) is 12.1 Å². The molecule has 5 heteroatoms. The van der Waals surface area contributed by atoms with Gasteiger partial charge in [0.2, 0.25) is 5.91 Å². The first-order chi connectivity index (χ1) is 14.6. The standard InChI is InChI=1S/C25H28N2O3/c1-3-4-8-20-16-26(25(29)19-10-13-21(30-2)14-11-19)17-24(28)27(20)23-15-12-18-7-5-6-9-22(18)23/h3,5-7,9-11,13-14,20,23H,1,4,8,12,15-17H2,2H3/t20-,23?/m0/s1. The van der Waals surface area contributed by atoms with Crippen LogP contribution in [0.4, 0.5) is 0 Å². The normalized spacial score (nSPS) is 20.8. The Morgan fingerprint density at radius 1 is 1.20 bits per heavy atom. The van der Waals surface area contributed by atoms with Crippen LogP contribution in [0, 0.1) is 0 Å². The summed E-state index contributed by atoms with van der Waals surface area (Å²) < 4.78 is 5.18. The van der Waals surface area contributed by atoms with Crippen molar-refractivity contribution in [3.05, 3.63) is 77.9 Å². The lowest BCUT2D eigenvalue weighted by Crippen LogP contribution is -2.58. The van der Waals surface area contributed by atoms with E-state index in [4.69, 9.17) is 4.74 Å². The molecule has 2 aromatic rings. The fourth-order valence-corrected chi connectivity index (χ4v) is 4.72. The number of carbonyl (C=O) groups is 2. The third kappa shape index (κ3) is 3.84. The number of benzene rings is 2. The van der Waals surface area contributed by atoms with Gasteiger partial charge >= 0.3 is 0 Å². The first kappa shape index (κ1) is 20.2. The summed E-state index contributed by atoms with van der Waals surface area (Å²) in [6.45, 7) is 4.51. The molecule has 1 saturated heterocycles. The summed E-state index contributed by atoms with van der Waals surface area (Å²) in [4.78, 5) is 30.1. The third-order valence-corrected chi connectivity index (χ3v) is 6.20. The molecule has 0 saturated carbocycles. The predicted octanol–water partition coefficient (Wildman–Crippen LogP) is 4.00. The maximum absolute atomic E-state index is 13.3. The monoisotopic (exact) mass is 404 g/mol. The van der Waals surface area contributed by atoms with E-state index in [9.17, 15) is 9.59 Å². The molecule has 5 nitrogen and oxygen atoms in total. The fraction of sp³-hybridized carbons (Fsp3) is 0.360. The highest BCUT2D eigenvalue weighted by molar-refractivity contribution is 5.97. The van der Waals surface area contributed by atoms with Gasteiger partial charge in [-0.2, -0.15) is 0 Å². The maximum atomic E-state index is 13.3. The number of rotatable bonds is 6. The molecule has 2 aromatic carbocycles. The molecule has 4 rings (SSSR count). The van der Waals surface area contributed by atoms with Crippen molar-refractivity contribution in [2.45, 2.75) is 37.8 Å². The molecule has 30 heavy (non-hydrogen) atoms. The summed E-state index contributed by atoms with van der Waals surface area (Å²) in [6, 6.07) is 15.5. The molecule has 0 aromatic heterocycles. The minimum absolute atomic E-state index is 0.0115. The number of methoxy groups -OCH3 is 1. The van der Waals surface area contributed by atoms with Gasteiger partial charge in [0.15, 0.2) is 0 Å². The second kappa shape index (κ2) is 8.74. The van der Waals surface area contributed by atoms with Crippen molar-refractivity contribution in [1.29, 1.82) is 0 Å². The van der Waals surface area contributed by atoms with E-state index < -0.39 is 0 Å². The Morgan fingerprint density at radius 3 is 2.70 bits per heavy atom. The number of carbonyl (C=O) groups excluding carboxylic acids is 2. The first-order valence-electron chi connectivity index (χ1n) is 10.6. The highest BCUT2D eigenvalue weighted by Gasteiger charge is 2.40. The molecule has 2 amide bonds. The van der Waals surface area contributed by atoms with Crippen LogP contribution in [0.15, 0.2) is 61.2 Å². The minimum Gasteiger partial charge on any atom is -0.497 e. The van der Waals surface area contributed by atoms with Gasteiger partial charge in [-0.05, 0) is 61.1 Å². The molecule has 1 fully saturated rings. The summed E-state index contributed by atoms with van der Waals surface area (Å²) in [5, 5.41) is 0. The van der Waals surface area contributed by atoms with Crippen molar-refractivity contribution in [2.75, 3.05) is 20.2 Å². The zero-order valence-electron chi connectivity index (χ0n) is 17.4. The van der Waals surface area contributed by atoms with Crippen LogP contribution in [0.1, 0.15) is 46.8 Å². The Balaban J connectivity index is 1.57. The van der Waals surface area contributed by atoms with Crippen LogP contribution >= 0.6 is 0 Å². The van der Waals surface area contributed by atoms with Crippen molar-refractivity contribution in [3.8, 4) is 5.75 Å². The van der Waals surface area contributed by atoms with Crippen LogP contribution in [0.3, 0.4) is 0 Å². The van der Waals surface area contributed by atoms with Crippen molar-refractivity contribution in [2.24, 2.45) is 0 Å². The van der Waals surface area contributed by atoms with E-state index in [0.29, 0.717) is 17.9 Å². The molecule has 2 atom stereocenters. The number of hydrogen-bond donors (Lipinski definition) is 0. The van der Waals surface area contributed by atoms with E-state index in [2.05, 4.69) is 24.8 Å². The quantitative estimate of drug-likeness (QED) is 0.684. The summed E-state index contributed by atoms with van der Waals surface area (Å²) in [7, 11) is 1.60. The highest BCUT2D eigenvalue weighted by Crippen LogP contribution is 2.38. The number of aryl methyl sites for hydroxylation is 1. The lowest BCUT2D eigenvalue weighted by atomic mass is 9.99. The van der Waals surface area contributed by atoms with Crippen LogP contribution < -0.4 is 4.74 Å². The Hall–Kier alpha value is -3.08. The molecular weight excluding hydrogens is 376 g/mol. The van der Waals surface area contributed by atoms with Gasteiger partial charge in [0.25, 0.3) is 5.91 Å². The highest BCUT2D eigenvalue weighted by atomic mass is 16.5. The van der Waals surface area contributed by atoms with Crippen molar-refractivity contribution >= 4 is 11.8 Å². The van der Waals surface area contributed by atoms with Gasteiger partial charge in [0.1, 0.15) is 12.3 Å². The van der Waals surface area contributed by atoms with Gasteiger partial charge in [-0.1, -0.05) is 30.3 Å². The number of piperazine rings is 1. The van der Waals surface area contributed by atoms with Crippen LogP contribution in [0.25, 0.3) is 0 Å². The van der Waals surface area contributed by atoms with Gasteiger partial charge in [0.05, 0.1) is 19.2 Å². The molecule has 1 aliphatic carbocycles. The van der Waals surface area contributed by atoms with E-state index in [-0.39, 0.29) is 30.4 Å². The minimum atomic E-state index is -0.110. The molecule has 0 N–H and O–H groups in total. The Morgan fingerprint density at radius 2 is 1.97 bits per heavy atom. The smallest absolute Gasteiger partial charge is 0.254 e. The second-order valence-corrected chi connectivity index (χ2v) is 7.99. The lowest BCUT2D eigenvalue weighted by molar-refractivity contribution is -0.142. The van der Waals surface area contributed by atoms with Crippen molar-refractivity contribution in [1.82, 2.24) is 9.80 Å². The molecule has 156 valence electrons. The molecule has 2 aliphatic rings. The van der Waals surface area contributed by atoms with Gasteiger partial charge in [-0.15, -0.1) is 6.58 Å². The largest absolute Gasteiger partial charge is 0.497 e. The molecular formula is C25H28N2O3. The average Bonchev–Trinajstić information content (AvgIpc) is 3.20. The molecule has 0 bridgehead atoms. The lowest BCUT2D eigenvalue weighted by Gasteiger charge is -2.44. The van der Waals surface area contributed by atoms with E-state index >= 15 is 0 Å². The average molecular weight is 405 g/mol. The summed E-state index contributed by atoms with van der Waals surface area (Å²) in [5.41, 5.74) is 3.16. The van der Waals surface area contributed by atoms with E-state index in [1.54, 1.807) is 36.3 Å². The number of allylic oxidation sites excluding steroid dienone is 1. The van der Waals surface area contributed by atoms with Crippen molar-refractivity contribution < 1.29 is 14.3 Å². The zero-order valence-corrected chi connectivity index (χ0v) is 17.4. The maximum Gasteiger partial charge on any atom is 0.254 e. The Bertz CT molecular complexity index is 938. The number of amides is 2. The second-order valence-electron chi connectivity index (χ2n) is 7.99. The third-order valence-electron chi connectivity index (χ3n) is 6.20. The van der Waals surface area contributed by atoms with Crippen LogP contribution in [0.2, 0.25) is 0 Å². The predicted molar refractivity (Wildman–Crippen MR) is 116 cm³/mol. The molecule has 1 unspecified atom stereocenters. The van der Waals surface area contributed by atoms with Gasteiger partial charge < -0.3 is 14.5 Å². The number of ether oxygens (including phenoxy) is 1. The topological polar surface area (TPSA) is 49.9 Å². The van der Waals surface area contributed by atoms with Crippen LogP contribution in [-0.2, 0) is 11.2 Å². The summed E-state index contributed by atoms with van der Waals surface area (Å²) in [5.74, 6) is 0.621. The Labute approximate surface area is 177 Å².